The number of carbonyl (C=O) groups is 1. The molecule has 0 saturated heterocycles. The van der Waals surface area contributed by atoms with E-state index < -0.39 is 11.8 Å². The van der Waals surface area contributed by atoms with Gasteiger partial charge in [-0.15, -0.1) is 0 Å². The fraction of sp³-hybridized carbons (Fsp3) is 0.0909. The van der Waals surface area contributed by atoms with Crippen LogP contribution >= 0.6 is 0 Å². The van der Waals surface area contributed by atoms with Gasteiger partial charge in [-0.2, -0.15) is 5.10 Å². The molecule has 5 heteroatoms. The van der Waals surface area contributed by atoms with Gasteiger partial charge in [-0.1, -0.05) is 0 Å². The Hall–Kier alpha value is -2.17. The van der Waals surface area contributed by atoms with Crippen LogP contribution in [0.25, 0.3) is 5.69 Å². The molecule has 0 aliphatic rings. The molecule has 1 heterocycles. The molecule has 0 saturated carbocycles. The molecule has 2 aromatic rings. The Bertz CT molecular complexity index is 549. The van der Waals surface area contributed by atoms with Gasteiger partial charge in [0.15, 0.2) is 0 Å². The van der Waals surface area contributed by atoms with Gasteiger partial charge in [0.05, 0.1) is 16.9 Å². The number of rotatable bonds is 2. The van der Waals surface area contributed by atoms with E-state index in [1.807, 2.05) is 0 Å². The average molecular weight is 220 g/mol. The fourth-order valence-corrected chi connectivity index (χ4v) is 1.43. The summed E-state index contributed by atoms with van der Waals surface area (Å²) in [4.78, 5) is 10.9. The van der Waals surface area contributed by atoms with Crippen molar-refractivity contribution in [2.75, 3.05) is 0 Å². The lowest BCUT2D eigenvalue weighted by molar-refractivity contribution is 0.0696. The first-order valence-electron chi connectivity index (χ1n) is 4.63. The number of hydrogen-bond acceptors (Lipinski definition) is 2. The normalized spacial score (nSPS) is 10.4. The topological polar surface area (TPSA) is 55.1 Å². The summed E-state index contributed by atoms with van der Waals surface area (Å²) in [6, 6.07) is 5.33. The van der Waals surface area contributed by atoms with E-state index in [0.717, 1.165) is 11.8 Å². The summed E-state index contributed by atoms with van der Waals surface area (Å²) < 4.78 is 14.4. The quantitative estimate of drug-likeness (QED) is 0.842. The molecule has 0 fully saturated rings. The van der Waals surface area contributed by atoms with Crippen molar-refractivity contribution in [1.29, 1.82) is 0 Å². The molecule has 16 heavy (non-hydrogen) atoms. The highest BCUT2D eigenvalue weighted by Crippen LogP contribution is 2.16. The smallest absolute Gasteiger partial charge is 0.338 e. The van der Waals surface area contributed by atoms with Gasteiger partial charge in [0.1, 0.15) is 5.82 Å². The summed E-state index contributed by atoms with van der Waals surface area (Å²) in [5, 5.41) is 13.0. The lowest BCUT2D eigenvalue weighted by Gasteiger charge is -2.05. The summed E-state index contributed by atoms with van der Waals surface area (Å²) in [6.45, 7) is 1.79. The number of hydrogen-bond donors (Lipinski definition) is 1. The fourth-order valence-electron chi connectivity index (χ4n) is 1.43. The van der Waals surface area contributed by atoms with Crippen LogP contribution in [0, 0.1) is 12.7 Å². The van der Waals surface area contributed by atoms with E-state index in [1.54, 1.807) is 19.2 Å². The number of carboxylic acids is 1. The summed E-state index contributed by atoms with van der Waals surface area (Å²) in [5.41, 5.74) is 1.01. The van der Waals surface area contributed by atoms with Crippen molar-refractivity contribution in [2.24, 2.45) is 0 Å². The summed E-state index contributed by atoms with van der Waals surface area (Å²) in [5.74, 6) is -1.76. The van der Waals surface area contributed by atoms with Gasteiger partial charge < -0.3 is 5.11 Å². The van der Waals surface area contributed by atoms with Crippen LogP contribution in [0.2, 0.25) is 0 Å². The second-order valence-corrected chi connectivity index (χ2v) is 3.37. The average Bonchev–Trinajstić information content (AvgIpc) is 2.64. The summed E-state index contributed by atoms with van der Waals surface area (Å²) >= 11 is 0. The highest BCUT2D eigenvalue weighted by Gasteiger charge is 2.13. The largest absolute Gasteiger partial charge is 0.478 e. The maximum Gasteiger partial charge on any atom is 0.338 e. The Morgan fingerprint density at radius 3 is 2.75 bits per heavy atom. The van der Waals surface area contributed by atoms with Crippen molar-refractivity contribution < 1.29 is 14.3 Å². The van der Waals surface area contributed by atoms with E-state index in [1.165, 1.54) is 16.8 Å². The Morgan fingerprint density at radius 1 is 1.44 bits per heavy atom. The predicted molar refractivity (Wildman–Crippen MR) is 55.2 cm³/mol. The maximum atomic E-state index is 12.9. The molecule has 82 valence electrons. The number of aryl methyl sites for hydroxylation is 1. The molecule has 4 nitrogen and oxygen atoms in total. The van der Waals surface area contributed by atoms with Crippen molar-refractivity contribution in [2.45, 2.75) is 6.92 Å². The van der Waals surface area contributed by atoms with Gasteiger partial charge in [-0.25, -0.2) is 13.9 Å². The van der Waals surface area contributed by atoms with Crippen LogP contribution in [0.1, 0.15) is 16.1 Å². The number of nitrogens with zero attached hydrogens (tertiary/aromatic N) is 2. The second-order valence-electron chi connectivity index (χ2n) is 3.37. The molecule has 0 radical (unpaired) electrons. The first-order valence-corrected chi connectivity index (χ1v) is 4.63. The zero-order valence-corrected chi connectivity index (χ0v) is 8.51. The minimum atomic E-state index is -1.18. The van der Waals surface area contributed by atoms with Crippen molar-refractivity contribution >= 4 is 5.97 Å². The van der Waals surface area contributed by atoms with Gasteiger partial charge in [-0.3, -0.25) is 0 Å². The van der Waals surface area contributed by atoms with Crippen molar-refractivity contribution in [3.63, 3.8) is 0 Å². The maximum absolute atomic E-state index is 12.9. The van der Waals surface area contributed by atoms with Crippen LogP contribution in [-0.4, -0.2) is 20.9 Å². The van der Waals surface area contributed by atoms with E-state index in [-0.39, 0.29) is 5.56 Å². The molecular formula is C11H9FN2O2. The van der Waals surface area contributed by atoms with E-state index >= 15 is 0 Å². The van der Waals surface area contributed by atoms with Crippen LogP contribution in [0.4, 0.5) is 4.39 Å². The van der Waals surface area contributed by atoms with Gasteiger partial charge >= 0.3 is 5.97 Å². The Balaban J connectivity index is 2.60. The molecule has 0 amide bonds. The molecule has 1 N–H and O–H groups in total. The molecular weight excluding hydrogens is 211 g/mol. The number of aromatic nitrogens is 2. The van der Waals surface area contributed by atoms with Crippen LogP contribution in [-0.2, 0) is 0 Å². The molecule has 0 unspecified atom stereocenters. The highest BCUT2D eigenvalue weighted by atomic mass is 19.1. The minimum Gasteiger partial charge on any atom is -0.478 e. The number of aromatic carboxylic acids is 1. The molecule has 0 atom stereocenters. The molecule has 0 bridgehead atoms. The SMILES string of the molecule is Cc1ccn(-c2ccc(F)cc2C(=O)O)n1. The van der Waals surface area contributed by atoms with E-state index in [4.69, 9.17) is 5.11 Å². The van der Waals surface area contributed by atoms with Gasteiger partial charge in [-0.05, 0) is 31.2 Å². The minimum absolute atomic E-state index is 0.108. The third-order valence-electron chi connectivity index (χ3n) is 2.16. The Kier molecular flexibility index (Phi) is 2.44. The number of carboxylic acid groups (broad SMARTS) is 1. The van der Waals surface area contributed by atoms with E-state index in [9.17, 15) is 9.18 Å². The standard InChI is InChI=1S/C11H9FN2O2/c1-7-4-5-14(13-7)10-3-2-8(12)6-9(10)11(15)16/h2-6H,1H3,(H,15,16). The first-order chi connectivity index (χ1) is 7.58. The molecule has 2 rings (SSSR count). The molecule has 1 aromatic heterocycles. The van der Waals surface area contributed by atoms with Gasteiger partial charge in [0, 0.05) is 6.20 Å². The van der Waals surface area contributed by atoms with Gasteiger partial charge in [0.2, 0.25) is 0 Å². The number of benzene rings is 1. The Morgan fingerprint density at radius 2 is 2.19 bits per heavy atom. The van der Waals surface area contributed by atoms with Crippen LogP contribution in [0.3, 0.4) is 0 Å². The highest BCUT2D eigenvalue weighted by molar-refractivity contribution is 5.91. The van der Waals surface area contributed by atoms with Crippen LogP contribution in [0.15, 0.2) is 30.5 Å². The van der Waals surface area contributed by atoms with E-state index in [2.05, 4.69) is 5.10 Å². The lowest BCUT2D eigenvalue weighted by atomic mass is 10.2. The lowest BCUT2D eigenvalue weighted by Crippen LogP contribution is -2.06. The third kappa shape index (κ3) is 1.79. The summed E-state index contributed by atoms with van der Waals surface area (Å²) in [6.07, 6.45) is 1.63. The molecule has 0 aliphatic carbocycles. The zero-order chi connectivity index (χ0) is 11.7. The monoisotopic (exact) mass is 220 g/mol. The Labute approximate surface area is 90.9 Å². The van der Waals surface area contributed by atoms with Crippen molar-refractivity contribution in [3.05, 3.63) is 47.5 Å². The summed E-state index contributed by atoms with van der Waals surface area (Å²) in [7, 11) is 0. The van der Waals surface area contributed by atoms with Crippen molar-refractivity contribution in [3.8, 4) is 5.69 Å². The van der Waals surface area contributed by atoms with Gasteiger partial charge in [0.25, 0.3) is 0 Å². The molecule has 1 aromatic carbocycles. The number of halogens is 1. The zero-order valence-electron chi connectivity index (χ0n) is 8.51. The van der Waals surface area contributed by atoms with Crippen LogP contribution in [0.5, 0.6) is 0 Å². The first kappa shape index (κ1) is 10.4. The predicted octanol–water partition coefficient (Wildman–Crippen LogP) is 2.02. The van der Waals surface area contributed by atoms with Crippen LogP contribution < -0.4 is 0 Å². The molecule has 0 aliphatic heterocycles. The van der Waals surface area contributed by atoms with Crippen molar-refractivity contribution in [1.82, 2.24) is 9.78 Å². The third-order valence-corrected chi connectivity index (χ3v) is 2.16. The molecule has 0 spiro atoms. The second kappa shape index (κ2) is 3.77. The van der Waals surface area contributed by atoms with E-state index in [0.29, 0.717) is 5.69 Å².